The maximum Gasteiger partial charge on any atom is 0.239 e. The van der Waals surface area contributed by atoms with Crippen LogP contribution in [0, 0.1) is 12.3 Å². The van der Waals surface area contributed by atoms with Gasteiger partial charge in [0, 0.05) is 0 Å². The van der Waals surface area contributed by atoms with Gasteiger partial charge in [0.1, 0.15) is 12.1 Å². The van der Waals surface area contributed by atoms with Crippen LogP contribution >= 0.6 is 11.3 Å². The molecule has 1 rings (SSSR count). The van der Waals surface area contributed by atoms with Gasteiger partial charge in [-0.15, -0.1) is 5.10 Å². The van der Waals surface area contributed by atoms with Crippen molar-refractivity contribution in [3.8, 4) is 0 Å². The van der Waals surface area contributed by atoms with Crippen molar-refractivity contribution in [2.75, 3.05) is 7.11 Å². The Bertz CT molecular complexity index is 251. The first-order chi connectivity index (χ1) is 4.24. The molecule has 0 atom stereocenters. The molecule has 4 nitrogen and oxygen atoms in total. The zero-order valence-corrected chi connectivity index (χ0v) is 6.03. The number of rotatable bonds is 1. The van der Waals surface area contributed by atoms with Crippen LogP contribution in [0.3, 0.4) is 0 Å². The fraction of sp³-hybridized carbons (Fsp3) is 0.500. The average Bonchev–Trinajstić information content (AvgIpc) is 2.10. The van der Waals surface area contributed by atoms with Gasteiger partial charge in [-0.1, -0.05) is 16.2 Å². The van der Waals surface area contributed by atoms with Crippen LogP contribution in [-0.2, 0) is 0 Å². The van der Waals surface area contributed by atoms with Crippen molar-refractivity contribution >= 4 is 11.3 Å². The first-order valence-electron chi connectivity index (χ1n) is 2.40. The number of aromatic nitrogens is 2. The van der Waals surface area contributed by atoms with E-state index in [1.807, 2.05) is 6.92 Å². The highest BCUT2D eigenvalue weighted by molar-refractivity contribution is 7.08. The van der Waals surface area contributed by atoms with Crippen molar-refractivity contribution in [3.05, 3.63) is 9.81 Å². The van der Waals surface area contributed by atoms with Gasteiger partial charge in [-0.3, -0.25) is 5.41 Å². The molecule has 0 spiro atoms. The predicted octanol–water partition coefficient (Wildman–Crippen LogP) is -0.209. The summed E-state index contributed by atoms with van der Waals surface area (Å²) in [6.07, 6.45) is 0. The molecule has 1 N–H and O–H groups in total. The Morgan fingerprint density at radius 2 is 2.44 bits per heavy atom. The Kier molecular flexibility index (Phi) is 1.52. The molecule has 0 aliphatic rings. The van der Waals surface area contributed by atoms with Crippen LogP contribution in [0.5, 0.6) is 0 Å². The molecule has 1 aromatic rings. The number of nitrogens with one attached hydrogen (secondary N) is 1. The quantitative estimate of drug-likeness (QED) is 0.594. The molecule has 0 bridgehead atoms. The van der Waals surface area contributed by atoms with E-state index in [0.29, 0.717) is 4.80 Å². The fourth-order valence-corrected chi connectivity index (χ4v) is 1.08. The molecule has 0 amide bonds. The van der Waals surface area contributed by atoms with Gasteiger partial charge in [-0.25, -0.2) is 0 Å². The second kappa shape index (κ2) is 2.18. The summed E-state index contributed by atoms with van der Waals surface area (Å²) >= 11 is 1.29. The van der Waals surface area contributed by atoms with Gasteiger partial charge in [0.25, 0.3) is 0 Å². The van der Waals surface area contributed by atoms with Crippen LogP contribution in [0.25, 0.3) is 0 Å². The first kappa shape index (κ1) is 6.28. The molecule has 9 heavy (non-hydrogen) atoms. The normalized spacial score (nSPS) is 9.56. The summed E-state index contributed by atoms with van der Waals surface area (Å²) in [6.45, 7) is 1.83. The van der Waals surface area contributed by atoms with E-state index in [4.69, 9.17) is 10.2 Å². The number of hydrogen-bond acceptors (Lipinski definition) is 4. The molecule has 0 aliphatic carbocycles. The molecule has 0 radical (unpaired) electrons. The molecular formula is C4H7N3OS. The van der Waals surface area contributed by atoms with Crippen molar-refractivity contribution in [1.29, 1.82) is 5.41 Å². The zero-order valence-electron chi connectivity index (χ0n) is 5.21. The third-order valence-corrected chi connectivity index (χ3v) is 1.55. The summed E-state index contributed by atoms with van der Waals surface area (Å²) in [4.78, 5) is 6.19. The Morgan fingerprint density at radius 1 is 1.78 bits per heavy atom. The average molecular weight is 145 g/mol. The predicted molar refractivity (Wildman–Crippen MR) is 33.2 cm³/mol. The van der Waals surface area contributed by atoms with E-state index < -0.39 is 0 Å². The van der Waals surface area contributed by atoms with Gasteiger partial charge in [-0.2, -0.15) is 0 Å². The van der Waals surface area contributed by atoms with Crippen LogP contribution in [0.1, 0.15) is 5.01 Å². The minimum atomic E-state index is 0.315. The van der Waals surface area contributed by atoms with E-state index in [1.165, 1.54) is 23.3 Å². The van der Waals surface area contributed by atoms with E-state index in [0.717, 1.165) is 5.01 Å². The van der Waals surface area contributed by atoms with Crippen LogP contribution in [0.15, 0.2) is 0 Å². The lowest BCUT2D eigenvalue weighted by Gasteiger charge is -1.91. The highest BCUT2D eigenvalue weighted by atomic mass is 32.1. The van der Waals surface area contributed by atoms with Crippen LogP contribution < -0.4 is 9.64 Å². The van der Waals surface area contributed by atoms with Crippen LogP contribution in [-0.4, -0.2) is 17.1 Å². The molecule has 0 saturated carbocycles. The summed E-state index contributed by atoms with van der Waals surface area (Å²) in [5.41, 5.74) is 0. The minimum Gasteiger partial charge on any atom is -0.398 e. The minimum absolute atomic E-state index is 0.315. The van der Waals surface area contributed by atoms with Crippen LogP contribution in [0.4, 0.5) is 0 Å². The maximum absolute atomic E-state index is 7.19. The lowest BCUT2D eigenvalue weighted by Crippen LogP contribution is -2.20. The largest absolute Gasteiger partial charge is 0.398 e. The number of hydrogen-bond donors (Lipinski definition) is 1. The maximum atomic E-state index is 7.19. The van der Waals surface area contributed by atoms with E-state index >= 15 is 0 Å². The molecule has 0 saturated heterocycles. The molecule has 1 heterocycles. The lowest BCUT2D eigenvalue weighted by atomic mass is 10.9. The van der Waals surface area contributed by atoms with Gasteiger partial charge >= 0.3 is 0 Å². The Hall–Kier alpha value is -0.840. The summed E-state index contributed by atoms with van der Waals surface area (Å²) in [6, 6.07) is 0. The molecule has 0 fully saturated rings. The topological polar surface area (TPSA) is 50.9 Å². The van der Waals surface area contributed by atoms with E-state index in [2.05, 4.69) is 5.10 Å². The summed E-state index contributed by atoms with van der Waals surface area (Å²) in [5, 5.41) is 11.9. The Labute approximate surface area is 56.2 Å². The van der Waals surface area contributed by atoms with Crippen LogP contribution in [0.2, 0.25) is 0 Å². The lowest BCUT2D eigenvalue weighted by molar-refractivity contribution is 0.123. The molecule has 0 aromatic carbocycles. The zero-order chi connectivity index (χ0) is 6.85. The summed E-state index contributed by atoms with van der Waals surface area (Å²) in [7, 11) is 1.48. The fourth-order valence-electron chi connectivity index (χ4n) is 0.496. The monoisotopic (exact) mass is 145 g/mol. The second-order valence-corrected chi connectivity index (χ2v) is 2.66. The molecule has 50 valence electrons. The van der Waals surface area contributed by atoms with E-state index in [1.54, 1.807) is 0 Å². The van der Waals surface area contributed by atoms with Gasteiger partial charge in [-0.05, 0) is 6.92 Å². The van der Waals surface area contributed by atoms with Crippen molar-refractivity contribution in [3.63, 3.8) is 0 Å². The number of nitrogens with zero attached hydrogens (tertiary/aromatic N) is 2. The highest BCUT2D eigenvalue weighted by Crippen LogP contribution is 1.91. The highest BCUT2D eigenvalue weighted by Gasteiger charge is 1.95. The third-order valence-electron chi connectivity index (χ3n) is 0.823. The molecular weight excluding hydrogens is 138 g/mol. The van der Waals surface area contributed by atoms with Gasteiger partial charge in [0.15, 0.2) is 0 Å². The second-order valence-electron chi connectivity index (χ2n) is 1.48. The van der Waals surface area contributed by atoms with Gasteiger partial charge in [0.05, 0.1) is 0 Å². The standard InChI is InChI=1S/C4H7N3OS/c1-3-6-7(8-2)4(5)9-3/h5H,1-2H3. The first-order valence-corrected chi connectivity index (χ1v) is 3.21. The molecule has 1 aromatic heterocycles. The molecule has 0 unspecified atom stereocenters. The Morgan fingerprint density at radius 3 is 2.67 bits per heavy atom. The number of aryl methyl sites for hydroxylation is 1. The third kappa shape index (κ3) is 1.10. The smallest absolute Gasteiger partial charge is 0.239 e. The van der Waals surface area contributed by atoms with E-state index in [-0.39, 0.29) is 0 Å². The van der Waals surface area contributed by atoms with Crippen molar-refractivity contribution in [2.24, 2.45) is 0 Å². The summed E-state index contributed by atoms with van der Waals surface area (Å²) < 4.78 is 0. The van der Waals surface area contributed by atoms with Gasteiger partial charge in [0.2, 0.25) is 4.80 Å². The van der Waals surface area contributed by atoms with E-state index in [9.17, 15) is 0 Å². The SMILES string of the molecule is COn1nc(C)sc1=N. The molecule has 5 heteroatoms. The summed E-state index contributed by atoms with van der Waals surface area (Å²) in [5.74, 6) is 0. The van der Waals surface area contributed by atoms with Crippen molar-refractivity contribution < 1.29 is 4.84 Å². The Balaban J connectivity index is 3.16. The van der Waals surface area contributed by atoms with Crippen molar-refractivity contribution in [1.82, 2.24) is 9.94 Å². The van der Waals surface area contributed by atoms with Gasteiger partial charge < -0.3 is 4.84 Å². The van der Waals surface area contributed by atoms with Crippen molar-refractivity contribution in [2.45, 2.75) is 6.92 Å². The molecule has 0 aliphatic heterocycles.